The van der Waals surface area contributed by atoms with E-state index in [1.54, 1.807) is 52.0 Å². The third-order valence-corrected chi connectivity index (χ3v) is 10.4. The van der Waals surface area contributed by atoms with Gasteiger partial charge in [-0.3, -0.25) is 38.4 Å². The zero-order valence-corrected chi connectivity index (χ0v) is 32.8. The van der Waals surface area contributed by atoms with Gasteiger partial charge in [-0.15, -0.1) is 0 Å². The second-order valence-corrected chi connectivity index (χ2v) is 16.0. The fourth-order valence-electron chi connectivity index (χ4n) is 7.52. The Morgan fingerprint density at radius 2 is 1.09 bits per heavy atom. The van der Waals surface area contributed by atoms with E-state index in [0.717, 1.165) is 5.56 Å². The van der Waals surface area contributed by atoms with Crippen molar-refractivity contribution in [3.05, 3.63) is 35.9 Å². The molecule has 55 heavy (non-hydrogen) atoms. The third kappa shape index (κ3) is 11.0. The van der Waals surface area contributed by atoms with Crippen LogP contribution in [0.1, 0.15) is 85.6 Å². The van der Waals surface area contributed by atoms with Gasteiger partial charge in [0.25, 0.3) is 0 Å². The van der Waals surface area contributed by atoms with Crippen LogP contribution >= 0.6 is 0 Å². The lowest BCUT2D eigenvalue weighted by molar-refractivity contribution is -0.144. The number of benzene rings is 1. The highest BCUT2D eigenvalue weighted by atomic mass is 16.2. The number of carbonyl (C=O) groups is 8. The fourth-order valence-corrected chi connectivity index (χ4v) is 7.52. The Labute approximate surface area is 322 Å². The van der Waals surface area contributed by atoms with Crippen LogP contribution in [-0.2, 0) is 44.8 Å². The predicted octanol–water partition coefficient (Wildman–Crippen LogP) is -0.118. The molecular formula is C39H58N8O8. The molecule has 1 aromatic rings. The number of rotatable bonds is 8. The minimum atomic E-state index is -1.45. The summed E-state index contributed by atoms with van der Waals surface area (Å²) in [5.41, 5.74) is 6.25. The number of hydrogen-bond donors (Lipinski definition) is 6. The van der Waals surface area contributed by atoms with Crippen LogP contribution in [-0.4, -0.2) is 112 Å². The monoisotopic (exact) mass is 766 g/mol. The van der Waals surface area contributed by atoms with Crippen LogP contribution in [0.15, 0.2) is 30.3 Å². The van der Waals surface area contributed by atoms with Gasteiger partial charge in [-0.2, -0.15) is 0 Å². The molecule has 0 spiro atoms. The number of nitrogens with zero attached hydrogens (tertiary/aromatic N) is 2. The second-order valence-electron chi connectivity index (χ2n) is 16.0. The molecule has 0 bridgehead atoms. The van der Waals surface area contributed by atoms with Crippen molar-refractivity contribution < 1.29 is 38.4 Å². The largest absolute Gasteiger partial charge is 0.370 e. The van der Waals surface area contributed by atoms with Crippen LogP contribution in [0.3, 0.4) is 0 Å². The Balaban J connectivity index is 1.78. The average molecular weight is 767 g/mol. The van der Waals surface area contributed by atoms with E-state index in [1.807, 2.05) is 19.9 Å². The van der Waals surface area contributed by atoms with Crippen molar-refractivity contribution >= 4 is 47.3 Å². The Morgan fingerprint density at radius 1 is 0.636 bits per heavy atom. The van der Waals surface area contributed by atoms with Gasteiger partial charge in [0, 0.05) is 19.5 Å². The molecule has 7 N–H and O–H groups in total. The number of amides is 8. The van der Waals surface area contributed by atoms with Gasteiger partial charge in [-0.05, 0) is 55.4 Å². The Morgan fingerprint density at radius 3 is 1.58 bits per heavy atom. The molecule has 16 heteroatoms. The maximum atomic E-state index is 14.2. The smallest absolute Gasteiger partial charge is 0.246 e. The quantitative estimate of drug-likeness (QED) is 0.209. The first-order chi connectivity index (χ1) is 26.0. The van der Waals surface area contributed by atoms with E-state index >= 15 is 0 Å². The van der Waals surface area contributed by atoms with E-state index in [2.05, 4.69) is 26.6 Å². The summed E-state index contributed by atoms with van der Waals surface area (Å²) in [5, 5.41) is 13.8. The van der Waals surface area contributed by atoms with Crippen molar-refractivity contribution in [2.75, 3.05) is 13.1 Å². The molecule has 16 nitrogen and oxygen atoms in total. The van der Waals surface area contributed by atoms with Crippen LogP contribution in [0.2, 0.25) is 0 Å². The second kappa shape index (κ2) is 19.0. The van der Waals surface area contributed by atoms with Crippen molar-refractivity contribution in [2.45, 2.75) is 129 Å². The summed E-state index contributed by atoms with van der Waals surface area (Å²) in [6, 6.07) is 1.13. The first-order valence-electron chi connectivity index (χ1n) is 19.4. The van der Waals surface area contributed by atoms with Gasteiger partial charge in [0.15, 0.2) is 0 Å². The molecular weight excluding hydrogens is 708 g/mol. The number of nitrogens with one attached hydrogen (secondary N) is 5. The van der Waals surface area contributed by atoms with Gasteiger partial charge in [0.05, 0.1) is 6.42 Å². The van der Waals surface area contributed by atoms with E-state index in [4.69, 9.17) is 5.73 Å². The number of primary amides is 1. The predicted molar refractivity (Wildman–Crippen MR) is 202 cm³/mol. The van der Waals surface area contributed by atoms with E-state index < -0.39 is 108 Å². The molecule has 8 amide bonds. The average Bonchev–Trinajstić information content (AvgIpc) is 3.81. The Kier molecular flexibility index (Phi) is 14.8. The lowest BCUT2D eigenvalue weighted by Crippen LogP contribution is -2.60. The molecule has 0 aromatic heterocycles. The maximum absolute atomic E-state index is 14.2. The van der Waals surface area contributed by atoms with Crippen LogP contribution < -0.4 is 32.3 Å². The van der Waals surface area contributed by atoms with Crippen LogP contribution in [0, 0.1) is 17.8 Å². The Bertz CT molecular complexity index is 1600. The summed E-state index contributed by atoms with van der Waals surface area (Å²) in [6.07, 6.45) is 1.27. The summed E-state index contributed by atoms with van der Waals surface area (Å²) in [5.74, 6) is -6.17. The maximum Gasteiger partial charge on any atom is 0.246 e. The summed E-state index contributed by atoms with van der Waals surface area (Å²) < 4.78 is 0. The Hall–Kier alpha value is -5.02. The molecule has 3 saturated heterocycles. The third-order valence-electron chi connectivity index (χ3n) is 10.4. The van der Waals surface area contributed by atoms with Crippen molar-refractivity contribution in [2.24, 2.45) is 23.5 Å². The number of hydrogen-bond acceptors (Lipinski definition) is 8. The first kappa shape index (κ1) is 42.7. The molecule has 3 heterocycles. The van der Waals surface area contributed by atoms with Crippen LogP contribution in [0.4, 0.5) is 0 Å². The molecule has 0 radical (unpaired) electrons. The van der Waals surface area contributed by atoms with E-state index in [0.29, 0.717) is 19.3 Å². The molecule has 4 rings (SSSR count). The lowest BCUT2D eigenvalue weighted by atomic mass is 9.98. The van der Waals surface area contributed by atoms with Gasteiger partial charge in [0.1, 0.15) is 42.3 Å². The molecule has 0 saturated carbocycles. The minimum Gasteiger partial charge on any atom is -0.370 e. The van der Waals surface area contributed by atoms with Gasteiger partial charge in [0.2, 0.25) is 47.3 Å². The molecule has 302 valence electrons. The topological polar surface area (TPSA) is 229 Å². The number of nitrogens with two attached hydrogens (primary N) is 1. The molecule has 0 aliphatic carbocycles. The van der Waals surface area contributed by atoms with Gasteiger partial charge < -0.3 is 42.1 Å². The molecule has 7 atom stereocenters. The minimum absolute atomic E-state index is 0.0311. The van der Waals surface area contributed by atoms with Crippen molar-refractivity contribution in [3.63, 3.8) is 0 Å². The van der Waals surface area contributed by atoms with Gasteiger partial charge >= 0.3 is 0 Å². The standard InChI is InChI=1S/C39H58N8O8/c1-21(2)18-26-38(54)47-17-11-15-29(47)35(51)45-32(23(5)6)37(53)43-27(20-30(40)48)39(55)46-16-10-14-28(46)34(50)41-25(19-24-12-8-7-9-13-24)33(49)44-31(22(3)4)36(52)42-26/h7-9,12-13,21-23,25-29,31-32H,10-11,14-20H2,1-6H3,(H2,40,48)(H,41,50)(H,42,52)(H,43,53)(H,44,49)(H,45,51)/t25-,26-,27-,28-,29-,31-,32+/m0/s1. The molecule has 0 unspecified atom stereocenters. The van der Waals surface area contributed by atoms with Gasteiger partial charge in [-0.1, -0.05) is 71.9 Å². The van der Waals surface area contributed by atoms with Crippen LogP contribution in [0.5, 0.6) is 0 Å². The summed E-state index contributed by atoms with van der Waals surface area (Å²) in [7, 11) is 0. The summed E-state index contributed by atoms with van der Waals surface area (Å²) in [4.78, 5) is 113. The fraction of sp³-hybridized carbons (Fsp3) is 0.641. The van der Waals surface area contributed by atoms with Crippen molar-refractivity contribution in [1.82, 2.24) is 36.4 Å². The first-order valence-corrected chi connectivity index (χ1v) is 19.4. The van der Waals surface area contributed by atoms with E-state index in [1.165, 1.54) is 9.80 Å². The molecule has 3 aliphatic rings. The summed E-state index contributed by atoms with van der Waals surface area (Å²) >= 11 is 0. The highest BCUT2D eigenvalue weighted by Crippen LogP contribution is 2.23. The van der Waals surface area contributed by atoms with E-state index in [9.17, 15) is 38.4 Å². The normalized spacial score (nSPS) is 27.9. The molecule has 3 aliphatic heterocycles. The van der Waals surface area contributed by atoms with Crippen molar-refractivity contribution in [3.8, 4) is 0 Å². The lowest BCUT2D eigenvalue weighted by Gasteiger charge is -2.32. The highest BCUT2D eigenvalue weighted by molar-refractivity contribution is 6.00. The highest BCUT2D eigenvalue weighted by Gasteiger charge is 2.43. The molecule has 1 aromatic carbocycles. The van der Waals surface area contributed by atoms with E-state index in [-0.39, 0.29) is 38.3 Å². The number of fused-ring (bicyclic) bond motifs is 2. The SMILES string of the molecule is CC(C)C[C@@H]1NC(=O)[C@H](C(C)C)NC(=O)[C@H](Cc2ccccc2)NC(=O)[C@@H]2CCCN2C(=O)[C@H](CC(N)=O)NC(=O)[C@@H](C(C)C)NC(=O)[C@@H]2CCCN2C1=O. The number of carbonyl (C=O) groups excluding carboxylic acids is 8. The van der Waals surface area contributed by atoms with Crippen molar-refractivity contribution in [1.29, 1.82) is 0 Å². The zero-order chi connectivity index (χ0) is 40.6. The summed E-state index contributed by atoms with van der Waals surface area (Å²) in [6.45, 7) is 11.1. The zero-order valence-electron chi connectivity index (χ0n) is 32.8. The van der Waals surface area contributed by atoms with Crippen LogP contribution in [0.25, 0.3) is 0 Å². The van der Waals surface area contributed by atoms with Gasteiger partial charge in [-0.25, -0.2) is 0 Å². The molecule has 3 fully saturated rings.